The third-order valence-electron chi connectivity index (χ3n) is 20.3. The van der Waals surface area contributed by atoms with Crippen LogP contribution in [0.5, 0.6) is 0 Å². The van der Waals surface area contributed by atoms with E-state index in [9.17, 15) is 57.3 Å². The predicted molar refractivity (Wildman–Crippen MR) is 465 cm³/mol. The summed E-state index contributed by atoms with van der Waals surface area (Å²) in [4.78, 5) is 125. The molecule has 4 unspecified atom stereocenters. The SMILES string of the molecule is CCCCCCC=CCCCC(=O)O[C@H](CCCCCCC)CCOCC(COP(=O)(O)OCCNC(=O)CCCCCCC(=O)NCCOP(=O)(O)OCC(COCC[C@@H](CCCCCCC)OC(=O)CCCC=CCCCCCC)NC(=O)CC(=O)CCCCCCCCCCC)NC(=O)CC(=O)CCCCCCCCCCC. The molecule has 0 aliphatic carbocycles. The maximum Gasteiger partial charge on any atom is 0.472 e. The summed E-state index contributed by atoms with van der Waals surface area (Å²) in [6.07, 6.45) is 58.0. The van der Waals surface area contributed by atoms with Gasteiger partial charge in [0.05, 0.1) is 77.8 Å². The summed E-state index contributed by atoms with van der Waals surface area (Å²) in [5, 5.41) is 10.8. The predicted octanol–water partition coefficient (Wildman–Crippen LogP) is 21.3. The molecule has 24 nitrogen and oxygen atoms in total. The Morgan fingerprint density at radius 1 is 0.302 bits per heavy atom. The molecule has 0 saturated carbocycles. The van der Waals surface area contributed by atoms with Crippen molar-refractivity contribution < 1.29 is 94.3 Å². The maximum absolute atomic E-state index is 13.2. The van der Waals surface area contributed by atoms with Crippen molar-refractivity contribution in [1.82, 2.24) is 21.3 Å². The third-order valence-corrected chi connectivity index (χ3v) is 22.3. The molecule has 0 fully saturated rings. The molecule has 0 bridgehead atoms. The number of allylic oxidation sites excluding steroid dienone is 4. The highest BCUT2D eigenvalue weighted by molar-refractivity contribution is 7.47. The van der Waals surface area contributed by atoms with E-state index in [0.29, 0.717) is 89.9 Å². The van der Waals surface area contributed by atoms with Gasteiger partial charge < -0.3 is 50.0 Å². The van der Waals surface area contributed by atoms with Gasteiger partial charge in [0.1, 0.15) is 23.8 Å². The number of nitrogens with one attached hydrogen (secondary N) is 4. The van der Waals surface area contributed by atoms with Crippen LogP contribution in [-0.2, 0) is 84.5 Å². The molecule has 678 valence electrons. The molecule has 0 rings (SSSR count). The van der Waals surface area contributed by atoms with Crippen LogP contribution in [0, 0.1) is 0 Å². The maximum atomic E-state index is 13.2. The number of phosphoric ester groups is 2. The van der Waals surface area contributed by atoms with Crippen LogP contribution in [0.1, 0.15) is 414 Å². The van der Waals surface area contributed by atoms with Crippen molar-refractivity contribution in [3.63, 3.8) is 0 Å². The average molecular weight is 1690 g/mol. The average Bonchev–Trinajstić information content (AvgIpc) is 0.904. The molecule has 26 heteroatoms. The molecule has 0 heterocycles. The fraction of sp³-hybridized carbons (Fsp3) is 0.867. The van der Waals surface area contributed by atoms with Gasteiger partial charge in [-0.3, -0.25) is 56.5 Å². The van der Waals surface area contributed by atoms with Crippen molar-refractivity contribution in [1.29, 1.82) is 0 Å². The number of carbonyl (C=O) groups is 8. The number of Topliss-reactive ketones (excluding diaryl/α,β-unsaturated/α-hetero) is 2. The second-order valence-electron chi connectivity index (χ2n) is 31.7. The Morgan fingerprint density at radius 2 is 0.586 bits per heavy atom. The summed E-state index contributed by atoms with van der Waals surface area (Å²) in [5.74, 6) is -2.70. The van der Waals surface area contributed by atoms with Gasteiger partial charge in [-0.2, -0.15) is 0 Å². The molecular weight excluding hydrogens is 1520 g/mol. The van der Waals surface area contributed by atoms with Crippen LogP contribution in [0.4, 0.5) is 0 Å². The van der Waals surface area contributed by atoms with Crippen LogP contribution in [0.2, 0.25) is 0 Å². The second-order valence-corrected chi connectivity index (χ2v) is 34.6. The summed E-state index contributed by atoms with van der Waals surface area (Å²) in [6, 6.07) is -1.88. The van der Waals surface area contributed by atoms with Crippen molar-refractivity contribution in [3.8, 4) is 0 Å². The van der Waals surface area contributed by atoms with Crippen molar-refractivity contribution in [3.05, 3.63) is 24.3 Å². The van der Waals surface area contributed by atoms with Gasteiger partial charge >= 0.3 is 27.6 Å². The molecule has 0 aromatic rings. The van der Waals surface area contributed by atoms with Crippen molar-refractivity contribution in [2.75, 3.05) is 65.9 Å². The molecule has 116 heavy (non-hydrogen) atoms. The van der Waals surface area contributed by atoms with Crippen LogP contribution in [0.3, 0.4) is 0 Å². The molecule has 0 radical (unpaired) electrons. The smallest absolute Gasteiger partial charge is 0.462 e. The quantitative estimate of drug-likeness (QED) is 0.0108. The Labute approximate surface area is 703 Å². The van der Waals surface area contributed by atoms with Crippen LogP contribution in [0.25, 0.3) is 0 Å². The molecule has 0 aliphatic heterocycles. The lowest BCUT2D eigenvalue weighted by molar-refractivity contribution is -0.151. The normalized spacial score (nSPS) is 13.8. The summed E-state index contributed by atoms with van der Waals surface area (Å²) in [7, 11) is -9.42. The monoisotopic (exact) mass is 1690 g/mol. The van der Waals surface area contributed by atoms with E-state index in [0.717, 1.165) is 128 Å². The fourth-order valence-electron chi connectivity index (χ4n) is 13.3. The van der Waals surface area contributed by atoms with Crippen LogP contribution in [0.15, 0.2) is 24.3 Å². The van der Waals surface area contributed by atoms with E-state index >= 15 is 0 Å². The standard InChI is InChI=1S/C90H168N4O20P2/c1-7-13-19-25-29-33-37-43-49-57-81(95)73-87(99)93-79(75-107-69-65-83(59-51-41-23-17-11-5)113-89(101)63-55-45-39-35-31-27-21-15-9-3)77-111-115(103,104)109-71-67-91-85(97)61-53-47-48-54-62-86(98)92-68-72-110-116(105,106)112-78-80(94-88(100)74-82(96)58-50-44-38-34-30-26-20-14-8-2)76-108-70-66-84(60-52-42-24-18-12-6)114-90(102)64-56-46-40-36-32-28-22-16-10-4/h35-36,39-40,79-80,83-84H,7-34,37-38,41-78H2,1-6H3,(H,91,97)(H,92,98)(H,93,99)(H,94,100)(H,103,104)(H,105,106)/t79?,80?,83-,84-/m1/s1. The zero-order valence-electron chi connectivity index (χ0n) is 73.8. The number of unbranched alkanes of at least 4 members (excludes halogenated alkanes) is 37. The topological polar surface area (TPSA) is 333 Å². The molecule has 6 atom stereocenters. The summed E-state index contributed by atoms with van der Waals surface area (Å²) in [6.45, 7) is 11.3. The van der Waals surface area contributed by atoms with Gasteiger partial charge in [-0.15, -0.1) is 0 Å². The largest absolute Gasteiger partial charge is 0.472 e. The Balaban J connectivity index is 5.36. The minimum absolute atomic E-state index is 0.101. The van der Waals surface area contributed by atoms with Crippen molar-refractivity contribution >= 4 is 62.8 Å². The van der Waals surface area contributed by atoms with E-state index in [1.54, 1.807) is 0 Å². The highest BCUT2D eigenvalue weighted by atomic mass is 31.2. The second kappa shape index (κ2) is 81.8. The molecule has 0 aliphatic rings. The Morgan fingerprint density at radius 3 is 0.914 bits per heavy atom. The highest BCUT2D eigenvalue weighted by Gasteiger charge is 2.28. The van der Waals surface area contributed by atoms with E-state index < -0.39 is 52.8 Å². The summed E-state index contributed by atoms with van der Waals surface area (Å²) in [5.41, 5.74) is 0. The lowest BCUT2D eigenvalue weighted by Crippen LogP contribution is -2.42. The third kappa shape index (κ3) is 78.3. The Hall–Kier alpha value is -4.22. The number of hydrogen-bond donors (Lipinski definition) is 6. The number of phosphoric acid groups is 2. The van der Waals surface area contributed by atoms with Crippen molar-refractivity contribution in [2.24, 2.45) is 0 Å². The lowest BCUT2D eigenvalue weighted by atomic mass is 10.0. The highest BCUT2D eigenvalue weighted by Crippen LogP contribution is 2.44. The number of amides is 4. The molecule has 6 N–H and O–H groups in total. The molecule has 4 amide bonds. The van der Waals surface area contributed by atoms with Crippen LogP contribution in [-0.4, -0.2) is 147 Å². The minimum Gasteiger partial charge on any atom is -0.462 e. The fourth-order valence-corrected chi connectivity index (χ4v) is 14.8. The summed E-state index contributed by atoms with van der Waals surface area (Å²) >= 11 is 0. The van der Waals surface area contributed by atoms with Crippen LogP contribution >= 0.6 is 15.6 Å². The van der Waals surface area contributed by atoms with E-state index in [1.165, 1.54) is 116 Å². The van der Waals surface area contributed by atoms with Gasteiger partial charge in [-0.1, -0.05) is 271 Å². The van der Waals surface area contributed by atoms with Gasteiger partial charge in [-0.05, 0) is 103 Å². The Kier molecular flexibility index (Phi) is 78.8. The van der Waals surface area contributed by atoms with E-state index in [1.807, 2.05) is 0 Å². The first-order valence-electron chi connectivity index (χ1n) is 46.4. The Bertz CT molecular complexity index is 2410. The van der Waals surface area contributed by atoms with E-state index in [2.05, 4.69) is 87.1 Å². The molecular formula is C90H168N4O20P2. The number of esters is 2. The van der Waals surface area contributed by atoms with Gasteiger partial charge in [0.15, 0.2) is 0 Å². The van der Waals surface area contributed by atoms with Gasteiger partial charge in [-0.25, -0.2) is 9.13 Å². The van der Waals surface area contributed by atoms with Crippen LogP contribution < -0.4 is 21.3 Å². The first-order chi connectivity index (χ1) is 56.2. The number of hydrogen-bond acceptors (Lipinski definition) is 18. The first-order valence-corrected chi connectivity index (χ1v) is 49.4. The minimum atomic E-state index is -4.71. The van der Waals surface area contributed by atoms with Gasteiger partial charge in [0.25, 0.3) is 0 Å². The zero-order valence-corrected chi connectivity index (χ0v) is 75.6. The van der Waals surface area contributed by atoms with Crippen molar-refractivity contribution in [2.45, 2.75) is 438 Å². The van der Waals surface area contributed by atoms with Gasteiger partial charge in [0.2, 0.25) is 23.6 Å². The lowest BCUT2D eigenvalue weighted by Gasteiger charge is -2.22. The number of carbonyl (C=O) groups excluding carboxylic acids is 8. The van der Waals surface area contributed by atoms with Gasteiger partial charge in [0, 0.05) is 64.5 Å². The molecule has 0 aromatic heterocycles. The molecule has 0 aromatic carbocycles. The summed E-state index contributed by atoms with van der Waals surface area (Å²) < 4.78 is 71.2. The number of ether oxygens (including phenoxy) is 4. The zero-order chi connectivity index (χ0) is 85.3. The number of ketones is 2. The van der Waals surface area contributed by atoms with E-state index in [-0.39, 0.29) is 139 Å². The van der Waals surface area contributed by atoms with E-state index in [4.69, 9.17) is 37.0 Å². The molecule has 0 saturated heterocycles. The molecule has 0 spiro atoms. The number of rotatable bonds is 89. The first kappa shape index (κ1) is 112.